The van der Waals surface area contributed by atoms with Crippen molar-refractivity contribution in [3.05, 3.63) is 87.4 Å². The summed E-state index contributed by atoms with van der Waals surface area (Å²) in [6.07, 6.45) is 7.54. The zero-order chi connectivity index (χ0) is 20.2. The Bertz CT molecular complexity index is 1120. The van der Waals surface area contributed by atoms with Gasteiger partial charge >= 0.3 is 0 Å². The van der Waals surface area contributed by atoms with Crippen molar-refractivity contribution >= 4 is 50.1 Å². The summed E-state index contributed by atoms with van der Waals surface area (Å²) in [4.78, 5) is 5.21. The van der Waals surface area contributed by atoms with Crippen molar-refractivity contribution in [2.24, 2.45) is 5.16 Å². The number of allylic oxidation sites excluding steroid dienone is 2. The van der Waals surface area contributed by atoms with Crippen LogP contribution in [-0.4, -0.2) is 12.8 Å². The van der Waals surface area contributed by atoms with E-state index >= 15 is 0 Å². The number of oxime groups is 1. The van der Waals surface area contributed by atoms with Crippen LogP contribution in [0, 0.1) is 0 Å². The molecule has 0 heterocycles. The quantitative estimate of drug-likeness (QED) is 0.297. The van der Waals surface area contributed by atoms with Gasteiger partial charge in [-0.1, -0.05) is 87.3 Å². The maximum Gasteiger partial charge on any atom is 0.106 e. The van der Waals surface area contributed by atoms with Gasteiger partial charge in [-0.15, -0.1) is 0 Å². The number of hydrogen-bond donors (Lipinski definition) is 0. The van der Waals surface area contributed by atoms with Crippen molar-refractivity contribution < 1.29 is 4.84 Å². The zero-order valence-corrected chi connectivity index (χ0v) is 18.4. The van der Waals surface area contributed by atoms with Crippen LogP contribution in [0.4, 0.5) is 0 Å². The highest BCUT2D eigenvalue weighted by atomic mass is 79.9. The minimum atomic E-state index is 0.944. The number of halogens is 1. The maximum absolute atomic E-state index is 5.21. The van der Waals surface area contributed by atoms with E-state index in [4.69, 9.17) is 4.84 Å². The zero-order valence-electron chi connectivity index (χ0n) is 16.8. The molecule has 0 radical (unpaired) electrons. The molecular weight excluding hydrogens is 422 g/mol. The Morgan fingerprint density at radius 2 is 1.72 bits per heavy atom. The van der Waals surface area contributed by atoms with E-state index in [1.807, 2.05) is 0 Å². The van der Waals surface area contributed by atoms with E-state index in [0.29, 0.717) is 0 Å². The molecule has 0 saturated heterocycles. The van der Waals surface area contributed by atoms with Crippen molar-refractivity contribution in [1.82, 2.24) is 0 Å². The van der Waals surface area contributed by atoms with Crippen LogP contribution in [0.15, 0.2) is 75.9 Å². The average molecular weight is 446 g/mol. The second kappa shape index (κ2) is 8.79. The van der Waals surface area contributed by atoms with Crippen LogP contribution in [0.25, 0.3) is 28.5 Å². The predicted molar refractivity (Wildman–Crippen MR) is 128 cm³/mol. The topological polar surface area (TPSA) is 21.6 Å². The summed E-state index contributed by atoms with van der Waals surface area (Å²) in [5.41, 5.74) is 7.29. The van der Waals surface area contributed by atoms with Crippen LogP contribution in [0.5, 0.6) is 0 Å². The van der Waals surface area contributed by atoms with Gasteiger partial charge in [-0.25, -0.2) is 0 Å². The van der Waals surface area contributed by atoms with Gasteiger partial charge < -0.3 is 4.84 Å². The summed E-state index contributed by atoms with van der Waals surface area (Å²) in [5.74, 6) is 0. The van der Waals surface area contributed by atoms with Crippen LogP contribution >= 0.6 is 15.9 Å². The fraction of sp³-hybridized carbons (Fsp3) is 0.192. The highest BCUT2D eigenvalue weighted by Crippen LogP contribution is 2.37. The van der Waals surface area contributed by atoms with Gasteiger partial charge in [-0.2, -0.15) is 0 Å². The van der Waals surface area contributed by atoms with Gasteiger partial charge in [-0.3, -0.25) is 0 Å². The van der Waals surface area contributed by atoms with E-state index in [9.17, 15) is 0 Å². The monoisotopic (exact) mass is 445 g/mol. The standard InChI is InChI=1S/C26H24BrNO/c1-18-6-5-9-24(28-29-2)25(18)26-21(13-10-19-11-16-22(27)17-12-19)15-14-20-7-3-4-8-23(20)26/h3-4,7-8,10-17H,5-6,9H2,1-2H3/b13-10+,28-24+. The molecule has 0 amide bonds. The lowest BCUT2D eigenvalue weighted by molar-refractivity contribution is 0.213. The summed E-state index contributed by atoms with van der Waals surface area (Å²) in [7, 11) is 1.63. The normalized spacial score (nSPS) is 16.2. The van der Waals surface area contributed by atoms with Crippen molar-refractivity contribution in [1.29, 1.82) is 0 Å². The smallest absolute Gasteiger partial charge is 0.106 e. The van der Waals surface area contributed by atoms with Gasteiger partial charge in [0.15, 0.2) is 0 Å². The van der Waals surface area contributed by atoms with Crippen LogP contribution in [0.3, 0.4) is 0 Å². The van der Waals surface area contributed by atoms with Crippen molar-refractivity contribution in [3.8, 4) is 0 Å². The van der Waals surface area contributed by atoms with Crippen LogP contribution in [0.1, 0.15) is 42.9 Å². The lowest BCUT2D eigenvalue weighted by Crippen LogP contribution is -2.12. The first-order valence-electron chi connectivity index (χ1n) is 9.93. The maximum atomic E-state index is 5.21. The molecular formula is C26H24BrNO. The van der Waals surface area contributed by atoms with E-state index in [0.717, 1.165) is 29.4 Å². The van der Waals surface area contributed by atoms with Crippen molar-refractivity contribution in [2.75, 3.05) is 7.11 Å². The van der Waals surface area contributed by atoms with Crippen LogP contribution in [-0.2, 0) is 4.84 Å². The Morgan fingerprint density at radius 1 is 0.931 bits per heavy atom. The van der Waals surface area contributed by atoms with E-state index in [1.54, 1.807) is 7.11 Å². The summed E-state index contributed by atoms with van der Waals surface area (Å²) >= 11 is 3.50. The van der Waals surface area contributed by atoms with Gasteiger partial charge in [0.2, 0.25) is 0 Å². The molecule has 3 aromatic carbocycles. The molecule has 0 spiro atoms. The van der Waals surface area contributed by atoms with E-state index in [2.05, 4.69) is 101 Å². The molecule has 0 aliphatic heterocycles. The van der Waals surface area contributed by atoms with Crippen LogP contribution < -0.4 is 0 Å². The van der Waals surface area contributed by atoms with Gasteiger partial charge in [0.1, 0.15) is 7.11 Å². The lowest BCUT2D eigenvalue weighted by Gasteiger charge is -2.23. The molecule has 3 heteroatoms. The molecule has 3 aromatic rings. The third-order valence-electron chi connectivity index (χ3n) is 5.42. The number of nitrogens with zero attached hydrogens (tertiary/aromatic N) is 1. The molecule has 0 saturated carbocycles. The summed E-state index contributed by atoms with van der Waals surface area (Å²) in [6.45, 7) is 2.23. The minimum Gasteiger partial charge on any atom is -0.399 e. The van der Waals surface area contributed by atoms with E-state index in [1.165, 1.54) is 38.6 Å². The van der Waals surface area contributed by atoms with Crippen molar-refractivity contribution in [2.45, 2.75) is 26.2 Å². The predicted octanol–water partition coefficient (Wildman–Crippen LogP) is 7.73. The molecule has 2 nitrogen and oxygen atoms in total. The number of hydrogen-bond acceptors (Lipinski definition) is 2. The molecule has 29 heavy (non-hydrogen) atoms. The largest absolute Gasteiger partial charge is 0.399 e. The Labute approximate surface area is 180 Å². The highest BCUT2D eigenvalue weighted by Gasteiger charge is 2.22. The Hall–Kier alpha value is -2.65. The van der Waals surface area contributed by atoms with Crippen molar-refractivity contribution in [3.63, 3.8) is 0 Å². The minimum absolute atomic E-state index is 0.944. The number of benzene rings is 3. The first kappa shape index (κ1) is 19.7. The summed E-state index contributed by atoms with van der Waals surface area (Å²) in [5, 5.41) is 6.89. The third kappa shape index (κ3) is 4.20. The Balaban J connectivity index is 1.92. The fourth-order valence-electron chi connectivity index (χ4n) is 4.04. The van der Waals surface area contributed by atoms with Gasteiger partial charge in [0.05, 0.1) is 5.71 Å². The molecule has 0 aromatic heterocycles. The van der Waals surface area contributed by atoms with Gasteiger partial charge in [-0.05, 0) is 65.8 Å². The second-order valence-electron chi connectivity index (χ2n) is 7.37. The molecule has 0 atom stereocenters. The summed E-state index contributed by atoms with van der Waals surface area (Å²) in [6, 6.07) is 21.4. The van der Waals surface area contributed by atoms with E-state index < -0.39 is 0 Å². The first-order valence-corrected chi connectivity index (χ1v) is 10.7. The van der Waals surface area contributed by atoms with E-state index in [-0.39, 0.29) is 0 Å². The second-order valence-corrected chi connectivity index (χ2v) is 8.28. The molecule has 4 rings (SSSR count). The molecule has 0 N–H and O–H groups in total. The average Bonchev–Trinajstić information content (AvgIpc) is 2.74. The molecule has 0 unspecified atom stereocenters. The van der Waals surface area contributed by atoms with Gasteiger partial charge in [0.25, 0.3) is 0 Å². The molecule has 1 aliphatic carbocycles. The van der Waals surface area contributed by atoms with Crippen LogP contribution in [0.2, 0.25) is 0 Å². The number of rotatable bonds is 4. The highest BCUT2D eigenvalue weighted by molar-refractivity contribution is 9.10. The lowest BCUT2D eigenvalue weighted by atomic mass is 9.82. The first-order chi connectivity index (χ1) is 14.2. The fourth-order valence-corrected chi connectivity index (χ4v) is 4.31. The Kier molecular flexibility index (Phi) is 5.96. The molecule has 0 fully saturated rings. The SMILES string of the molecule is CO/N=C1\CCCC(C)=C1c1c(/C=C/c2ccc(Br)cc2)ccc2ccccc12. The van der Waals surface area contributed by atoms with Gasteiger partial charge in [0, 0.05) is 10.0 Å². The number of fused-ring (bicyclic) bond motifs is 1. The molecule has 1 aliphatic rings. The molecule has 0 bridgehead atoms. The Morgan fingerprint density at radius 3 is 2.52 bits per heavy atom. The molecule has 146 valence electrons. The third-order valence-corrected chi connectivity index (χ3v) is 5.95. The summed E-state index contributed by atoms with van der Waals surface area (Å²) < 4.78 is 1.09.